The highest BCUT2D eigenvalue weighted by Gasteiger charge is 2.04. The van der Waals surface area contributed by atoms with E-state index in [0.29, 0.717) is 17.2 Å². The molecule has 2 rings (SSSR count). The Morgan fingerprint density at radius 2 is 2.25 bits per heavy atom. The first-order valence-corrected chi connectivity index (χ1v) is 6.19. The van der Waals surface area contributed by atoms with Gasteiger partial charge in [-0.05, 0) is 24.3 Å². The van der Waals surface area contributed by atoms with Gasteiger partial charge in [0, 0.05) is 23.0 Å². The average Bonchev–Trinajstić information content (AvgIpc) is 2.78. The van der Waals surface area contributed by atoms with E-state index in [1.807, 2.05) is 12.3 Å². The summed E-state index contributed by atoms with van der Waals surface area (Å²) in [4.78, 5) is 0.521. The molecule has 84 valence electrons. The van der Waals surface area contributed by atoms with Crippen LogP contribution in [0.25, 0.3) is 0 Å². The monoisotopic (exact) mass is 238 g/mol. The van der Waals surface area contributed by atoms with E-state index in [4.69, 9.17) is 0 Å². The van der Waals surface area contributed by atoms with Crippen LogP contribution in [0.15, 0.2) is 47.6 Å². The van der Waals surface area contributed by atoms with Gasteiger partial charge in [0.15, 0.2) is 0 Å². The third kappa shape index (κ3) is 2.76. The quantitative estimate of drug-likeness (QED) is 0.814. The second kappa shape index (κ2) is 5.03. The van der Waals surface area contributed by atoms with Crippen molar-refractivity contribution in [3.05, 3.63) is 48.5 Å². The molecule has 0 amide bonds. The molecule has 0 bridgehead atoms. The summed E-state index contributed by atoms with van der Waals surface area (Å²) in [7, 11) is -1.18. The summed E-state index contributed by atoms with van der Waals surface area (Å²) in [5.41, 5.74) is 0. The molecule has 16 heavy (non-hydrogen) atoms. The zero-order valence-electron chi connectivity index (χ0n) is 8.54. The van der Waals surface area contributed by atoms with E-state index in [2.05, 4.69) is 5.10 Å². The molecule has 0 saturated heterocycles. The molecule has 1 atom stereocenters. The van der Waals surface area contributed by atoms with E-state index in [0.717, 1.165) is 0 Å². The Morgan fingerprint density at radius 1 is 1.38 bits per heavy atom. The summed E-state index contributed by atoms with van der Waals surface area (Å²) in [5, 5.41) is 4.01. The lowest BCUT2D eigenvalue weighted by Crippen LogP contribution is -2.08. The van der Waals surface area contributed by atoms with E-state index in [-0.39, 0.29) is 5.82 Å². The van der Waals surface area contributed by atoms with E-state index in [1.165, 1.54) is 12.1 Å². The second-order valence-electron chi connectivity index (χ2n) is 3.28. The molecule has 2 aromatic rings. The molecule has 0 fully saturated rings. The van der Waals surface area contributed by atoms with Crippen molar-refractivity contribution >= 4 is 10.8 Å². The van der Waals surface area contributed by atoms with E-state index in [9.17, 15) is 8.60 Å². The van der Waals surface area contributed by atoms with Crippen LogP contribution in [0, 0.1) is 5.82 Å². The first kappa shape index (κ1) is 11.0. The molecule has 1 heterocycles. The molecule has 1 aromatic carbocycles. The van der Waals surface area contributed by atoms with Gasteiger partial charge in [-0.15, -0.1) is 0 Å². The number of hydrogen-bond acceptors (Lipinski definition) is 2. The molecular formula is C11H11FN2OS. The second-order valence-corrected chi connectivity index (χ2v) is 4.85. The van der Waals surface area contributed by atoms with Gasteiger partial charge in [-0.25, -0.2) is 4.39 Å². The number of aryl methyl sites for hydroxylation is 1. The zero-order valence-corrected chi connectivity index (χ0v) is 9.36. The zero-order chi connectivity index (χ0) is 11.4. The fourth-order valence-corrected chi connectivity index (χ4v) is 2.40. The first-order valence-electron chi connectivity index (χ1n) is 4.87. The van der Waals surface area contributed by atoms with Gasteiger partial charge in [-0.3, -0.25) is 8.89 Å². The summed E-state index contributed by atoms with van der Waals surface area (Å²) in [6.45, 7) is 0.566. The lowest BCUT2D eigenvalue weighted by molar-refractivity contribution is 0.621. The Morgan fingerprint density at radius 3 is 2.94 bits per heavy atom. The Hall–Kier alpha value is -1.49. The first-order chi connectivity index (χ1) is 7.75. The minimum absolute atomic E-state index is 0.357. The van der Waals surface area contributed by atoms with Gasteiger partial charge in [0.05, 0.1) is 17.3 Å². The molecule has 5 heteroatoms. The Bertz CT molecular complexity index is 484. The van der Waals surface area contributed by atoms with E-state index in [1.54, 1.807) is 23.0 Å². The highest BCUT2D eigenvalue weighted by Crippen LogP contribution is 2.09. The largest absolute Gasteiger partial charge is 0.272 e. The topological polar surface area (TPSA) is 34.9 Å². The van der Waals surface area contributed by atoms with Crippen LogP contribution in [0.3, 0.4) is 0 Å². The molecule has 1 aromatic heterocycles. The van der Waals surface area contributed by atoms with Crippen molar-refractivity contribution < 1.29 is 8.60 Å². The summed E-state index contributed by atoms with van der Waals surface area (Å²) in [5.74, 6) is 0.0791. The van der Waals surface area contributed by atoms with Crippen molar-refractivity contribution in [1.29, 1.82) is 0 Å². The van der Waals surface area contributed by atoms with Crippen LogP contribution in [0.2, 0.25) is 0 Å². The van der Waals surface area contributed by atoms with Crippen molar-refractivity contribution in [2.45, 2.75) is 11.4 Å². The van der Waals surface area contributed by atoms with Crippen LogP contribution in [0.4, 0.5) is 4.39 Å². The van der Waals surface area contributed by atoms with Crippen LogP contribution in [0.5, 0.6) is 0 Å². The maximum atomic E-state index is 12.9. The van der Waals surface area contributed by atoms with Gasteiger partial charge in [-0.1, -0.05) is 6.07 Å². The van der Waals surface area contributed by atoms with Crippen LogP contribution < -0.4 is 0 Å². The number of hydrogen-bond donors (Lipinski definition) is 0. The SMILES string of the molecule is O=S(CCn1cccn1)c1cccc(F)c1. The maximum Gasteiger partial charge on any atom is 0.124 e. The number of aromatic nitrogens is 2. The molecule has 0 aliphatic heterocycles. The summed E-state index contributed by atoms with van der Waals surface area (Å²) < 4.78 is 26.4. The molecule has 0 saturated carbocycles. The third-order valence-corrected chi connectivity index (χ3v) is 3.46. The van der Waals surface area contributed by atoms with Gasteiger partial charge >= 0.3 is 0 Å². The van der Waals surface area contributed by atoms with Crippen molar-refractivity contribution in [3.8, 4) is 0 Å². The average molecular weight is 238 g/mol. The molecule has 0 aliphatic carbocycles. The minimum Gasteiger partial charge on any atom is -0.272 e. The lowest BCUT2D eigenvalue weighted by Gasteiger charge is -2.02. The highest BCUT2D eigenvalue weighted by molar-refractivity contribution is 7.85. The lowest BCUT2D eigenvalue weighted by atomic mass is 10.4. The predicted octanol–water partition coefficient (Wildman–Crippen LogP) is 1.83. The van der Waals surface area contributed by atoms with Crippen molar-refractivity contribution in [1.82, 2.24) is 9.78 Å². The Kier molecular flexibility index (Phi) is 3.46. The highest BCUT2D eigenvalue weighted by atomic mass is 32.2. The number of rotatable bonds is 4. The smallest absolute Gasteiger partial charge is 0.124 e. The normalized spacial score (nSPS) is 12.6. The maximum absolute atomic E-state index is 12.9. The van der Waals surface area contributed by atoms with Gasteiger partial charge in [0.2, 0.25) is 0 Å². The van der Waals surface area contributed by atoms with Crippen LogP contribution in [-0.4, -0.2) is 19.7 Å². The van der Waals surface area contributed by atoms with Gasteiger partial charge < -0.3 is 0 Å². The van der Waals surface area contributed by atoms with Crippen LogP contribution in [-0.2, 0) is 17.3 Å². The third-order valence-electron chi connectivity index (χ3n) is 2.12. The molecule has 0 radical (unpaired) electrons. The Balaban J connectivity index is 1.98. The standard InChI is InChI=1S/C11H11FN2OS/c12-10-3-1-4-11(9-10)16(15)8-7-14-6-2-5-13-14/h1-6,9H,7-8H2. The fraction of sp³-hybridized carbons (Fsp3) is 0.182. The number of benzene rings is 1. The molecule has 0 spiro atoms. The predicted molar refractivity (Wildman–Crippen MR) is 59.9 cm³/mol. The Labute approximate surface area is 95.4 Å². The molecule has 3 nitrogen and oxygen atoms in total. The molecule has 0 N–H and O–H groups in total. The molecular weight excluding hydrogens is 227 g/mol. The minimum atomic E-state index is -1.18. The van der Waals surface area contributed by atoms with E-state index >= 15 is 0 Å². The van der Waals surface area contributed by atoms with Crippen LogP contribution >= 0.6 is 0 Å². The summed E-state index contributed by atoms with van der Waals surface area (Å²) in [6.07, 6.45) is 3.48. The summed E-state index contributed by atoms with van der Waals surface area (Å²) in [6, 6.07) is 7.69. The fourth-order valence-electron chi connectivity index (χ4n) is 1.34. The van der Waals surface area contributed by atoms with Crippen LogP contribution in [0.1, 0.15) is 0 Å². The van der Waals surface area contributed by atoms with Gasteiger partial charge in [0.1, 0.15) is 5.82 Å². The van der Waals surface area contributed by atoms with E-state index < -0.39 is 10.8 Å². The van der Waals surface area contributed by atoms with Crippen molar-refractivity contribution in [3.63, 3.8) is 0 Å². The van der Waals surface area contributed by atoms with Crippen molar-refractivity contribution in [2.75, 3.05) is 5.75 Å². The van der Waals surface area contributed by atoms with Gasteiger partial charge in [0.25, 0.3) is 0 Å². The van der Waals surface area contributed by atoms with Crippen molar-refractivity contribution in [2.24, 2.45) is 0 Å². The number of nitrogens with zero attached hydrogens (tertiary/aromatic N) is 2. The van der Waals surface area contributed by atoms with Gasteiger partial charge in [-0.2, -0.15) is 5.10 Å². The number of halogens is 1. The summed E-state index contributed by atoms with van der Waals surface area (Å²) >= 11 is 0. The molecule has 0 aliphatic rings. The molecule has 1 unspecified atom stereocenters.